The fourth-order valence-electron chi connectivity index (χ4n) is 2.08. The van der Waals surface area contributed by atoms with Gasteiger partial charge in [-0.3, -0.25) is 0 Å². The summed E-state index contributed by atoms with van der Waals surface area (Å²) in [5.41, 5.74) is 1.83. The highest BCUT2D eigenvalue weighted by Gasteiger charge is 2.06. The molecule has 1 nitrogen and oxygen atoms in total. The molecular formula is C16H11Cl2N. The molecule has 3 aromatic rings. The van der Waals surface area contributed by atoms with Gasteiger partial charge in [-0.2, -0.15) is 0 Å². The molecular weight excluding hydrogens is 277 g/mol. The Morgan fingerprint density at radius 2 is 1.37 bits per heavy atom. The molecule has 0 unspecified atom stereocenters. The number of anilines is 2. The van der Waals surface area contributed by atoms with E-state index in [1.54, 1.807) is 6.07 Å². The molecule has 1 N–H and O–H groups in total. The Morgan fingerprint density at radius 3 is 2.26 bits per heavy atom. The summed E-state index contributed by atoms with van der Waals surface area (Å²) in [4.78, 5) is 0. The van der Waals surface area contributed by atoms with Gasteiger partial charge in [0, 0.05) is 11.1 Å². The van der Waals surface area contributed by atoms with E-state index in [4.69, 9.17) is 23.2 Å². The van der Waals surface area contributed by atoms with Crippen LogP contribution in [0.5, 0.6) is 0 Å². The molecule has 0 spiro atoms. The van der Waals surface area contributed by atoms with Gasteiger partial charge >= 0.3 is 0 Å². The Labute approximate surface area is 121 Å². The van der Waals surface area contributed by atoms with E-state index in [9.17, 15) is 0 Å². The number of hydrogen-bond donors (Lipinski definition) is 1. The first-order valence-electron chi connectivity index (χ1n) is 5.94. The van der Waals surface area contributed by atoms with Gasteiger partial charge in [-0.05, 0) is 23.6 Å². The van der Waals surface area contributed by atoms with Crippen LogP contribution < -0.4 is 5.32 Å². The fourth-order valence-corrected chi connectivity index (χ4v) is 2.43. The van der Waals surface area contributed by atoms with Gasteiger partial charge in [0.2, 0.25) is 0 Å². The maximum absolute atomic E-state index is 6.20. The SMILES string of the molecule is Clc1cccc(Nc2cccc3ccccc23)c1Cl. The maximum Gasteiger partial charge on any atom is 0.0827 e. The Kier molecular flexibility index (Phi) is 3.33. The topological polar surface area (TPSA) is 12.0 Å². The highest BCUT2D eigenvalue weighted by molar-refractivity contribution is 6.43. The molecule has 0 aliphatic rings. The van der Waals surface area contributed by atoms with Crippen LogP contribution >= 0.6 is 23.2 Å². The Hall–Kier alpha value is -1.70. The van der Waals surface area contributed by atoms with E-state index in [-0.39, 0.29) is 0 Å². The number of halogens is 2. The largest absolute Gasteiger partial charge is 0.354 e. The monoisotopic (exact) mass is 287 g/mol. The smallest absolute Gasteiger partial charge is 0.0827 e. The van der Waals surface area contributed by atoms with E-state index in [1.807, 2.05) is 36.4 Å². The summed E-state index contributed by atoms with van der Waals surface area (Å²) in [6.45, 7) is 0. The van der Waals surface area contributed by atoms with Gasteiger partial charge in [-0.25, -0.2) is 0 Å². The minimum absolute atomic E-state index is 0.539. The van der Waals surface area contributed by atoms with Crippen molar-refractivity contribution in [2.45, 2.75) is 0 Å². The molecule has 19 heavy (non-hydrogen) atoms. The summed E-state index contributed by atoms with van der Waals surface area (Å²) in [6, 6.07) is 19.9. The Morgan fingerprint density at radius 1 is 0.684 bits per heavy atom. The highest BCUT2D eigenvalue weighted by Crippen LogP contribution is 2.33. The molecule has 0 atom stereocenters. The van der Waals surface area contributed by atoms with E-state index in [2.05, 4.69) is 23.5 Å². The second-order valence-electron chi connectivity index (χ2n) is 4.25. The minimum Gasteiger partial charge on any atom is -0.354 e. The molecule has 94 valence electrons. The van der Waals surface area contributed by atoms with Crippen LogP contribution in [0.3, 0.4) is 0 Å². The molecule has 3 rings (SSSR count). The zero-order valence-corrected chi connectivity index (χ0v) is 11.5. The van der Waals surface area contributed by atoms with Crippen molar-refractivity contribution in [2.24, 2.45) is 0 Å². The average Bonchev–Trinajstić information content (AvgIpc) is 2.44. The van der Waals surface area contributed by atoms with Crippen LogP contribution in [0.15, 0.2) is 60.7 Å². The van der Waals surface area contributed by atoms with Crippen LogP contribution in [0.1, 0.15) is 0 Å². The van der Waals surface area contributed by atoms with E-state index in [0.29, 0.717) is 10.0 Å². The molecule has 0 radical (unpaired) electrons. The van der Waals surface area contributed by atoms with Gasteiger partial charge in [0.15, 0.2) is 0 Å². The zero-order valence-electron chi connectivity index (χ0n) is 10.0. The van der Waals surface area contributed by atoms with Crippen LogP contribution in [0.2, 0.25) is 10.0 Å². The Balaban J connectivity index is 2.09. The van der Waals surface area contributed by atoms with Gasteiger partial charge in [0.1, 0.15) is 0 Å². The predicted molar refractivity (Wildman–Crippen MR) is 83.7 cm³/mol. The first-order chi connectivity index (χ1) is 9.25. The summed E-state index contributed by atoms with van der Waals surface area (Å²) >= 11 is 12.2. The lowest BCUT2D eigenvalue weighted by molar-refractivity contribution is 1.57. The number of fused-ring (bicyclic) bond motifs is 1. The second kappa shape index (κ2) is 5.12. The molecule has 0 heterocycles. The Bertz CT molecular complexity index is 732. The third kappa shape index (κ3) is 2.40. The lowest BCUT2D eigenvalue weighted by Crippen LogP contribution is -1.92. The lowest BCUT2D eigenvalue weighted by Gasteiger charge is -2.11. The van der Waals surface area contributed by atoms with Crippen molar-refractivity contribution >= 4 is 45.3 Å². The van der Waals surface area contributed by atoms with Crippen molar-refractivity contribution in [1.82, 2.24) is 0 Å². The minimum atomic E-state index is 0.539. The summed E-state index contributed by atoms with van der Waals surface area (Å²) in [6.07, 6.45) is 0. The summed E-state index contributed by atoms with van der Waals surface area (Å²) in [5, 5.41) is 6.77. The predicted octanol–water partition coefficient (Wildman–Crippen LogP) is 5.89. The van der Waals surface area contributed by atoms with Gasteiger partial charge in [-0.1, -0.05) is 65.7 Å². The molecule has 3 heteroatoms. The van der Waals surface area contributed by atoms with Crippen LogP contribution in [0.25, 0.3) is 10.8 Å². The molecule has 0 aromatic heterocycles. The standard InChI is InChI=1S/C16H11Cl2N/c17-13-8-4-10-15(16(13)18)19-14-9-3-6-11-5-1-2-7-12(11)14/h1-10,19H. The number of nitrogens with one attached hydrogen (secondary N) is 1. The van der Waals surface area contributed by atoms with Gasteiger partial charge < -0.3 is 5.32 Å². The molecule has 0 saturated heterocycles. The molecule has 0 bridgehead atoms. The van der Waals surface area contributed by atoms with E-state index >= 15 is 0 Å². The molecule has 0 aliphatic carbocycles. The van der Waals surface area contributed by atoms with Crippen molar-refractivity contribution in [1.29, 1.82) is 0 Å². The summed E-state index contributed by atoms with van der Waals surface area (Å²) in [5.74, 6) is 0. The molecule has 0 aliphatic heterocycles. The van der Waals surface area contributed by atoms with Gasteiger partial charge in [0.25, 0.3) is 0 Å². The van der Waals surface area contributed by atoms with Crippen LogP contribution in [0, 0.1) is 0 Å². The third-order valence-electron chi connectivity index (χ3n) is 3.01. The summed E-state index contributed by atoms with van der Waals surface area (Å²) in [7, 11) is 0. The molecule has 0 amide bonds. The first kappa shape index (κ1) is 12.3. The van der Waals surface area contributed by atoms with Crippen molar-refractivity contribution in [2.75, 3.05) is 5.32 Å². The van der Waals surface area contributed by atoms with E-state index in [1.165, 1.54) is 5.39 Å². The van der Waals surface area contributed by atoms with Crippen LogP contribution in [-0.4, -0.2) is 0 Å². The number of rotatable bonds is 2. The highest BCUT2D eigenvalue weighted by atomic mass is 35.5. The number of hydrogen-bond acceptors (Lipinski definition) is 1. The fraction of sp³-hybridized carbons (Fsp3) is 0. The van der Waals surface area contributed by atoms with Crippen molar-refractivity contribution in [3.63, 3.8) is 0 Å². The third-order valence-corrected chi connectivity index (χ3v) is 3.83. The van der Waals surface area contributed by atoms with Gasteiger partial charge in [-0.15, -0.1) is 0 Å². The number of benzene rings is 3. The van der Waals surface area contributed by atoms with E-state index in [0.717, 1.165) is 16.8 Å². The molecule has 0 fully saturated rings. The first-order valence-corrected chi connectivity index (χ1v) is 6.70. The lowest BCUT2D eigenvalue weighted by atomic mass is 10.1. The van der Waals surface area contributed by atoms with Crippen molar-refractivity contribution in [3.05, 3.63) is 70.7 Å². The summed E-state index contributed by atoms with van der Waals surface area (Å²) < 4.78 is 0. The zero-order chi connectivity index (χ0) is 13.2. The normalized spacial score (nSPS) is 10.6. The molecule has 3 aromatic carbocycles. The van der Waals surface area contributed by atoms with Gasteiger partial charge in [0.05, 0.1) is 15.7 Å². The van der Waals surface area contributed by atoms with Crippen LogP contribution in [0.4, 0.5) is 11.4 Å². The maximum atomic E-state index is 6.20. The van der Waals surface area contributed by atoms with Crippen LogP contribution in [-0.2, 0) is 0 Å². The molecule has 0 saturated carbocycles. The van der Waals surface area contributed by atoms with Crippen molar-refractivity contribution < 1.29 is 0 Å². The van der Waals surface area contributed by atoms with E-state index < -0.39 is 0 Å². The quantitative estimate of drug-likeness (QED) is 0.620. The van der Waals surface area contributed by atoms with Crippen molar-refractivity contribution in [3.8, 4) is 0 Å². The average molecular weight is 288 g/mol. The second-order valence-corrected chi connectivity index (χ2v) is 5.04.